The highest BCUT2D eigenvalue weighted by atomic mass is 16.5. The normalized spacial score (nSPS) is 25.0. The molecule has 30 heavy (non-hydrogen) atoms. The van der Waals surface area contributed by atoms with Crippen LogP contribution in [0.1, 0.15) is 36.8 Å². The summed E-state index contributed by atoms with van der Waals surface area (Å²) >= 11 is 0. The Bertz CT molecular complexity index is 745. The fourth-order valence-electron chi connectivity index (χ4n) is 5.14. The maximum Gasteiger partial charge on any atom is 0.226 e. The Morgan fingerprint density at radius 1 is 1.07 bits per heavy atom. The van der Waals surface area contributed by atoms with Gasteiger partial charge in [0.15, 0.2) is 0 Å². The molecule has 1 aliphatic carbocycles. The maximum atomic E-state index is 13.1. The third-order valence-corrected chi connectivity index (χ3v) is 7.05. The van der Waals surface area contributed by atoms with Crippen molar-refractivity contribution >= 4 is 5.91 Å². The molecule has 164 valence electrons. The number of hydrogen-bond acceptors (Lipinski definition) is 5. The molecule has 1 aromatic carbocycles. The second-order valence-corrected chi connectivity index (χ2v) is 9.33. The predicted molar refractivity (Wildman–Crippen MR) is 116 cm³/mol. The van der Waals surface area contributed by atoms with Gasteiger partial charge in [-0.3, -0.25) is 14.6 Å². The molecule has 0 bridgehead atoms. The van der Waals surface area contributed by atoms with Crippen LogP contribution < -0.4 is 4.74 Å². The lowest BCUT2D eigenvalue weighted by Crippen LogP contribution is -2.53. The summed E-state index contributed by atoms with van der Waals surface area (Å²) in [6.07, 6.45) is 5.50. The minimum Gasteiger partial charge on any atom is -0.493 e. The van der Waals surface area contributed by atoms with Crippen molar-refractivity contribution in [3.63, 3.8) is 0 Å². The molecule has 1 saturated carbocycles. The van der Waals surface area contributed by atoms with Crippen LogP contribution in [0, 0.1) is 5.92 Å². The third-order valence-electron chi connectivity index (χ3n) is 7.05. The van der Waals surface area contributed by atoms with E-state index < -0.39 is 0 Å². The number of carbonyl (C=O) groups is 1. The minimum atomic E-state index is 0.293. The second-order valence-electron chi connectivity index (χ2n) is 9.33. The Labute approximate surface area is 180 Å². The number of benzene rings is 1. The zero-order valence-electron chi connectivity index (χ0n) is 18.1. The van der Waals surface area contributed by atoms with E-state index in [1.807, 2.05) is 0 Å². The van der Waals surface area contributed by atoms with Crippen LogP contribution in [-0.2, 0) is 22.5 Å². The topological polar surface area (TPSA) is 45.2 Å². The molecule has 1 aromatic rings. The van der Waals surface area contributed by atoms with E-state index in [0.717, 1.165) is 97.1 Å². The highest BCUT2D eigenvalue weighted by Gasteiger charge is 2.37. The molecule has 0 radical (unpaired) electrons. The summed E-state index contributed by atoms with van der Waals surface area (Å²) in [5, 5.41) is 0. The van der Waals surface area contributed by atoms with Crippen LogP contribution >= 0.6 is 0 Å². The number of likely N-dealkylation sites (tertiary alicyclic amines) is 1. The van der Waals surface area contributed by atoms with Crippen molar-refractivity contribution in [3.05, 3.63) is 29.3 Å². The van der Waals surface area contributed by atoms with Gasteiger partial charge in [0.25, 0.3) is 0 Å². The van der Waals surface area contributed by atoms with Crippen LogP contribution in [0.5, 0.6) is 5.75 Å². The van der Waals surface area contributed by atoms with E-state index in [-0.39, 0.29) is 0 Å². The lowest BCUT2D eigenvalue weighted by molar-refractivity contribution is -0.136. The van der Waals surface area contributed by atoms with Gasteiger partial charge >= 0.3 is 0 Å². The molecular formula is C24H35N3O3. The zero-order valence-corrected chi connectivity index (χ0v) is 18.1. The van der Waals surface area contributed by atoms with Crippen LogP contribution in [0.4, 0.5) is 0 Å². The van der Waals surface area contributed by atoms with E-state index in [2.05, 4.69) is 32.9 Å². The molecular weight excluding hydrogens is 378 g/mol. The second kappa shape index (κ2) is 9.25. The van der Waals surface area contributed by atoms with Gasteiger partial charge in [-0.25, -0.2) is 0 Å². The van der Waals surface area contributed by atoms with Crippen molar-refractivity contribution in [1.82, 2.24) is 14.7 Å². The molecule has 4 aliphatic rings. The number of carbonyl (C=O) groups excluding carboxylic acids is 1. The molecule has 6 heteroatoms. The molecule has 1 amide bonds. The largest absolute Gasteiger partial charge is 0.493 e. The number of piperidine rings is 1. The van der Waals surface area contributed by atoms with Crippen LogP contribution in [0.2, 0.25) is 0 Å². The van der Waals surface area contributed by atoms with E-state index in [1.54, 1.807) is 0 Å². The van der Waals surface area contributed by atoms with Gasteiger partial charge in [0.05, 0.1) is 19.8 Å². The first-order valence-electron chi connectivity index (χ1n) is 11.8. The average Bonchev–Trinajstić information content (AvgIpc) is 3.53. The molecule has 0 spiro atoms. The predicted octanol–water partition coefficient (Wildman–Crippen LogP) is 2.16. The first-order chi connectivity index (χ1) is 14.8. The average molecular weight is 414 g/mol. The standard InChI is InChI=1S/C24H35N3O3/c28-24(20-4-5-20)27(10-9-25-11-14-29-15-12-25)22-2-1-8-26(18-22)17-19-3-6-23-21(16-19)7-13-30-23/h3,6,16,20,22H,1-2,4-5,7-15,17-18H2. The van der Waals surface area contributed by atoms with Gasteiger partial charge in [-0.15, -0.1) is 0 Å². The van der Waals surface area contributed by atoms with Crippen molar-refractivity contribution in [1.29, 1.82) is 0 Å². The Balaban J connectivity index is 1.21. The van der Waals surface area contributed by atoms with Crippen molar-refractivity contribution in [2.45, 2.75) is 44.7 Å². The molecule has 1 unspecified atom stereocenters. The Hall–Kier alpha value is -1.63. The summed E-state index contributed by atoms with van der Waals surface area (Å²) in [6, 6.07) is 7.01. The fraction of sp³-hybridized carbons (Fsp3) is 0.708. The molecule has 1 atom stereocenters. The minimum absolute atomic E-state index is 0.293. The van der Waals surface area contributed by atoms with Gasteiger partial charge in [0, 0.05) is 57.6 Å². The number of rotatable bonds is 7. The number of morpholine rings is 1. The molecule has 0 aromatic heterocycles. The number of nitrogens with zero attached hydrogens (tertiary/aromatic N) is 3. The SMILES string of the molecule is O=C(C1CC1)N(CCN1CCOCC1)C1CCCN(Cc2ccc3c(c2)CCO3)C1. The molecule has 0 N–H and O–H groups in total. The molecule has 5 rings (SSSR count). The number of hydrogen-bond donors (Lipinski definition) is 0. The van der Waals surface area contributed by atoms with E-state index >= 15 is 0 Å². The first-order valence-corrected chi connectivity index (χ1v) is 11.8. The van der Waals surface area contributed by atoms with Crippen LogP contribution in [-0.4, -0.2) is 85.7 Å². The third kappa shape index (κ3) is 4.82. The van der Waals surface area contributed by atoms with Crippen molar-refractivity contribution in [2.75, 3.05) is 59.1 Å². The summed E-state index contributed by atoms with van der Waals surface area (Å²) in [4.78, 5) is 20.4. The van der Waals surface area contributed by atoms with E-state index in [4.69, 9.17) is 9.47 Å². The van der Waals surface area contributed by atoms with E-state index in [0.29, 0.717) is 17.9 Å². The van der Waals surface area contributed by atoms with Crippen LogP contribution in [0.15, 0.2) is 18.2 Å². The lowest BCUT2D eigenvalue weighted by atomic mass is 10.0. The monoisotopic (exact) mass is 413 g/mol. The van der Waals surface area contributed by atoms with E-state index in [9.17, 15) is 4.79 Å². The molecule has 6 nitrogen and oxygen atoms in total. The van der Waals surface area contributed by atoms with Gasteiger partial charge in [0.2, 0.25) is 5.91 Å². The summed E-state index contributed by atoms with van der Waals surface area (Å²) in [5.41, 5.74) is 2.71. The molecule has 2 saturated heterocycles. The maximum absolute atomic E-state index is 13.1. The van der Waals surface area contributed by atoms with E-state index in [1.165, 1.54) is 17.5 Å². The summed E-state index contributed by atoms with van der Waals surface area (Å²) in [6.45, 7) is 9.36. The van der Waals surface area contributed by atoms with Gasteiger partial charge in [-0.05, 0) is 49.4 Å². The number of amides is 1. The lowest BCUT2D eigenvalue weighted by Gasteiger charge is -2.40. The highest BCUT2D eigenvalue weighted by molar-refractivity contribution is 5.81. The molecule has 3 aliphatic heterocycles. The van der Waals surface area contributed by atoms with Crippen LogP contribution in [0.3, 0.4) is 0 Å². The number of fused-ring (bicyclic) bond motifs is 1. The van der Waals surface area contributed by atoms with Crippen molar-refractivity contribution in [3.8, 4) is 5.75 Å². The van der Waals surface area contributed by atoms with Gasteiger partial charge in [-0.2, -0.15) is 0 Å². The van der Waals surface area contributed by atoms with Gasteiger partial charge < -0.3 is 14.4 Å². The summed E-state index contributed by atoms with van der Waals surface area (Å²) in [5.74, 6) is 1.76. The van der Waals surface area contributed by atoms with Crippen LogP contribution in [0.25, 0.3) is 0 Å². The molecule has 3 fully saturated rings. The highest BCUT2D eigenvalue weighted by Crippen LogP contribution is 2.33. The van der Waals surface area contributed by atoms with Crippen molar-refractivity contribution < 1.29 is 14.3 Å². The Morgan fingerprint density at radius 3 is 2.77 bits per heavy atom. The summed E-state index contributed by atoms with van der Waals surface area (Å²) < 4.78 is 11.1. The summed E-state index contributed by atoms with van der Waals surface area (Å²) in [7, 11) is 0. The van der Waals surface area contributed by atoms with Crippen molar-refractivity contribution in [2.24, 2.45) is 5.92 Å². The smallest absolute Gasteiger partial charge is 0.226 e. The molecule has 3 heterocycles. The fourth-order valence-corrected chi connectivity index (χ4v) is 5.14. The number of ether oxygens (including phenoxy) is 2. The Morgan fingerprint density at radius 2 is 1.93 bits per heavy atom. The van der Waals surface area contributed by atoms with Gasteiger partial charge in [-0.1, -0.05) is 12.1 Å². The van der Waals surface area contributed by atoms with Gasteiger partial charge in [0.1, 0.15) is 5.75 Å². The quantitative estimate of drug-likeness (QED) is 0.686. The zero-order chi connectivity index (χ0) is 20.3. The Kier molecular flexibility index (Phi) is 6.25. The first kappa shape index (κ1) is 20.3.